The van der Waals surface area contributed by atoms with Crippen LogP contribution in [0, 0.1) is 5.82 Å². The SMILES string of the molecule is CS(=O)(=O)c1ccc(-c2csc(=O)n2-c2cccc(Br)c2)cc1F. The summed E-state index contributed by atoms with van der Waals surface area (Å²) in [7, 11) is -3.64. The standard InChI is InChI=1S/C16H11BrFNO3S2/c1-24(21,22)15-6-5-10(7-13(15)18)14-9-23-16(20)19(14)12-4-2-3-11(17)8-12/h2-9H,1H3. The average molecular weight is 428 g/mol. The molecule has 0 unspecified atom stereocenters. The van der Waals surface area contributed by atoms with Crippen LogP contribution in [0.1, 0.15) is 0 Å². The molecule has 0 atom stereocenters. The molecule has 0 saturated heterocycles. The molecule has 3 rings (SSSR count). The summed E-state index contributed by atoms with van der Waals surface area (Å²) in [6.07, 6.45) is 0.951. The van der Waals surface area contributed by atoms with Crippen molar-refractivity contribution in [3.63, 3.8) is 0 Å². The van der Waals surface area contributed by atoms with Gasteiger partial charge in [0.2, 0.25) is 0 Å². The fourth-order valence-electron chi connectivity index (χ4n) is 2.33. The molecule has 0 aliphatic carbocycles. The van der Waals surface area contributed by atoms with E-state index in [1.807, 2.05) is 6.07 Å². The summed E-state index contributed by atoms with van der Waals surface area (Å²) in [4.78, 5) is 11.6. The lowest BCUT2D eigenvalue weighted by molar-refractivity contribution is 0.571. The number of nitrogens with zero attached hydrogens (tertiary/aromatic N) is 1. The summed E-state index contributed by atoms with van der Waals surface area (Å²) in [6, 6.07) is 11.0. The van der Waals surface area contributed by atoms with E-state index in [1.54, 1.807) is 23.6 Å². The number of rotatable bonds is 3. The van der Waals surface area contributed by atoms with Crippen LogP contribution in [0.2, 0.25) is 0 Å². The number of hydrogen-bond acceptors (Lipinski definition) is 4. The maximum Gasteiger partial charge on any atom is 0.312 e. The van der Waals surface area contributed by atoms with Gasteiger partial charge in [-0.1, -0.05) is 39.4 Å². The molecule has 1 heterocycles. The first-order valence-electron chi connectivity index (χ1n) is 6.74. The molecule has 0 N–H and O–H groups in total. The number of thiazole rings is 1. The number of sulfone groups is 1. The highest BCUT2D eigenvalue weighted by Gasteiger charge is 2.17. The van der Waals surface area contributed by atoms with Gasteiger partial charge in [-0.15, -0.1) is 0 Å². The van der Waals surface area contributed by atoms with Crippen LogP contribution in [0.3, 0.4) is 0 Å². The first-order valence-corrected chi connectivity index (χ1v) is 10.3. The van der Waals surface area contributed by atoms with Crippen molar-refractivity contribution < 1.29 is 12.8 Å². The third kappa shape index (κ3) is 3.22. The zero-order valence-corrected chi connectivity index (χ0v) is 15.6. The van der Waals surface area contributed by atoms with E-state index in [1.165, 1.54) is 16.7 Å². The lowest BCUT2D eigenvalue weighted by atomic mass is 10.1. The van der Waals surface area contributed by atoms with E-state index in [0.29, 0.717) is 16.9 Å². The smallest absolute Gasteiger partial charge is 0.267 e. The van der Waals surface area contributed by atoms with E-state index in [9.17, 15) is 17.6 Å². The van der Waals surface area contributed by atoms with Crippen LogP contribution in [-0.4, -0.2) is 19.2 Å². The molecule has 0 saturated carbocycles. The predicted octanol–water partition coefficient (Wildman–Crippen LogP) is 3.87. The molecular weight excluding hydrogens is 417 g/mol. The van der Waals surface area contributed by atoms with E-state index in [4.69, 9.17) is 0 Å². The van der Waals surface area contributed by atoms with Crippen molar-refractivity contribution in [2.75, 3.05) is 6.26 Å². The van der Waals surface area contributed by atoms with Crippen molar-refractivity contribution in [3.8, 4) is 16.9 Å². The monoisotopic (exact) mass is 427 g/mol. The molecule has 4 nitrogen and oxygen atoms in total. The Hall–Kier alpha value is -1.77. The maximum absolute atomic E-state index is 14.2. The van der Waals surface area contributed by atoms with Crippen LogP contribution in [0.15, 0.2) is 62.0 Å². The molecule has 24 heavy (non-hydrogen) atoms. The van der Waals surface area contributed by atoms with Crippen LogP contribution in [0.4, 0.5) is 4.39 Å². The minimum atomic E-state index is -3.64. The number of hydrogen-bond donors (Lipinski definition) is 0. The highest BCUT2D eigenvalue weighted by molar-refractivity contribution is 9.10. The van der Waals surface area contributed by atoms with Crippen LogP contribution in [-0.2, 0) is 9.84 Å². The van der Waals surface area contributed by atoms with Gasteiger partial charge in [-0.05, 0) is 30.3 Å². The Balaban J connectivity index is 2.19. The van der Waals surface area contributed by atoms with Crippen molar-refractivity contribution in [1.82, 2.24) is 4.57 Å². The summed E-state index contributed by atoms with van der Waals surface area (Å²) in [5.74, 6) is -0.838. The molecular formula is C16H11BrFNO3S2. The van der Waals surface area contributed by atoms with Gasteiger partial charge in [-0.25, -0.2) is 12.8 Å². The summed E-state index contributed by atoms with van der Waals surface area (Å²) in [5.41, 5.74) is 1.57. The maximum atomic E-state index is 14.2. The zero-order valence-electron chi connectivity index (χ0n) is 12.4. The highest BCUT2D eigenvalue weighted by atomic mass is 79.9. The van der Waals surface area contributed by atoms with E-state index in [-0.39, 0.29) is 9.77 Å². The molecule has 3 aromatic rings. The molecule has 124 valence electrons. The molecule has 8 heteroatoms. The summed E-state index contributed by atoms with van der Waals surface area (Å²) >= 11 is 4.35. The highest BCUT2D eigenvalue weighted by Crippen LogP contribution is 2.27. The number of aromatic nitrogens is 1. The first kappa shape index (κ1) is 17.1. The van der Waals surface area contributed by atoms with Crippen molar-refractivity contribution in [3.05, 3.63) is 67.8 Å². The molecule has 0 bridgehead atoms. The van der Waals surface area contributed by atoms with Crippen LogP contribution >= 0.6 is 27.3 Å². The Labute approximate surface area is 150 Å². The lowest BCUT2D eigenvalue weighted by Crippen LogP contribution is -2.12. The normalized spacial score (nSPS) is 11.6. The second-order valence-corrected chi connectivity index (χ2v) is 8.84. The van der Waals surface area contributed by atoms with Crippen LogP contribution in [0.5, 0.6) is 0 Å². The fraction of sp³-hybridized carbons (Fsp3) is 0.0625. The van der Waals surface area contributed by atoms with Gasteiger partial charge in [0.15, 0.2) is 9.84 Å². The minimum Gasteiger partial charge on any atom is -0.267 e. The lowest BCUT2D eigenvalue weighted by Gasteiger charge is -2.09. The van der Waals surface area contributed by atoms with E-state index < -0.39 is 15.7 Å². The Kier molecular flexibility index (Phi) is 4.46. The van der Waals surface area contributed by atoms with Gasteiger partial charge in [0.1, 0.15) is 10.7 Å². The first-order chi connectivity index (χ1) is 11.3. The Morgan fingerprint density at radius 2 is 1.92 bits per heavy atom. The Morgan fingerprint density at radius 3 is 2.54 bits per heavy atom. The Bertz CT molecular complexity index is 1090. The second-order valence-electron chi connectivity index (χ2n) is 5.12. The van der Waals surface area contributed by atoms with Crippen LogP contribution in [0.25, 0.3) is 16.9 Å². The minimum absolute atomic E-state index is 0.212. The van der Waals surface area contributed by atoms with Crippen molar-refractivity contribution in [1.29, 1.82) is 0 Å². The molecule has 0 radical (unpaired) electrons. The van der Waals surface area contributed by atoms with Gasteiger partial charge in [0.05, 0.1) is 11.4 Å². The average Bonchev–Trinajstić information content (AvgIpc) is 2.87. The zero-order chi connectivity index (χ0) is 17.5. The predicted molar refractivity (Wildman–Crippen MR) is 96.1 cm³/mol. The molecule has 0 spiro atoms. The molecule has 0 amide bonds. The van der Waals surface area contributed by atoms with Gasteiger partial charge < -0.3 is 0 Å². The van der Waals surface area contributed by atoms with Gasteiger partial charge in [0.25, 0.3) is 0 Å². The van der Waals surface area contributed by atoms with Gasteiger partial charge in [-0.3, -0.25) is 9.36 Å². The summed E-state index contributed by atoms with van der Waals surface area (Å²) < 4.78 is 39.5. The van der Waals surface area contributed by atoms with Crippen LogP contribution < -0.4 is 4.87 Å². The van der Waals surface area contributed by atoms with Gasteiger partial charge in [0, 0.05) is 21.7 Å². The molecule has 0 aliphatic heterocycles. The third-order valence-corrected chi connectivity index (χ3v) is 5.74. The van der Waals surface area contributed by atoms with E-state index in [2.05, 4.69) is 15.9 Å². The van der Waals surface area contributed by atoms with Gasteiger partial charge >= 0.3 is 4.87 Å². The summed E-state index contributed by atoms with van der Waals surface area (Å²) in [5, 5.41) is 1.62. The number of halogens is 2. The fourth-order valence-corrected chi connectivity index (χ4v) is 4.21. The second kappa shape index (κ2) is 6.27. The quantitative estimate of drug-likeness (QED) is 0.637. The van der Waals surface area contributed by atoms with Crippen molar-refractivity contribution in [2.45, 2.75) is 4.90 Å². The topological polar surface area (TPSA) is 56.1 Å². The third-order valence-electron chi connectivity index (χ3n) is 3.39. The molecule has 2 aromatic carbocycles. The molecule has 1 aromatic heterocycles. The number of benzene rings is 2. The van der Waals surface area contributed by atoms with E-state index in [0.717, 1.165) is 28.1 Å². The summed E-state index contributed by atoms with van der Waals surface area (Å²) in [6.45, 7) is 0. The van der Waals surface area contributed by atoms with Crippen molar-refractivity contribution in [2.24, 2.45) is 0 Å². The van der Waals surface area contributed by atoms with Gasteiger partial charge in [-0.2, -0.15) is 0 Å². The Morgan fingerprint density at radius 1 is 1.17 bits per heavy atom. The van der Waals surface area contributed by atoms with E-state index >= 15 is 0 Å². The largest absolute Gasteiger partial charge is 0.312 e. The van der Waals surface area contributed by atoms with Crippen molar-refractivity contribution >= 4 is 37.1 Å². The molecule has 0 aliphatic rings. The molecule has 0 fully saturated rings.